The summed E-state index contributed by atoms with van der Waals surface area (Å²) < 4.78 is 49.0. The summed E-state index contributed by atoms with van der Waals surface area (Å²) in [5, 5.41) is 0. The third kappa shape index (κ3) is 3.65. The minimum Gasteiger partial charge on any atom is -0.207 e. The predicted octanol–water partition coefficient (Wildman–Crippen LogP) is 4.40. The second-order valence-electron chi connectivity index (χ2n) is 5.95. The van der Waals surface area contributed by atoms with Crippen molar-refractivity contribution >= 4 is 32.7 Å². The van der Waals surface area contributed by atoms with Crippen LogP contribution in [0.4, 0.5) is 8.87 Å². The van der Waals surface area contributed by atoms with E-state index in [1.165, 1.54) is 18.2 Å². The lowest BCUT2D eigenvalue weighted by Crippen LogP contribution is -2.14. The molecule has 0 aliphatic heterocycles. The van der Waals surface area contributed by atoms with E-state index < -0.39 is 10.0 Å². The Morgan fingerprint density at radius 1 is 1.12 bits per heavy atom. The van der Waals surface area contributed by atoms with Gasteiger partial charge in [0.2, 0.25) is 0 Å². The topological polar surface area (TPSA) is 46.2 Å². The van der Waals surface area contributed by atoms with Crippen molar-refractivity contribution in [3.05, 3.63) is 83.2 Å². The minimum absolute atomic E-state index is 0.167. The number of allylic oxidation sites excluding steroid dienone is 4. The Kier molecular flexibility index (Phi) is 5.13. The van der Waals surface area contributed by atoms with Crippen LogP contribution < -0.4 is 4.94 Å². The van der Waals surface area contributed by atoms with E-state index >= 15 is 0 Å². The smallest absolute Gasteiger partial charge is 0.207 e. The molecule has 0 saturated carbocycles. The molecule has 134 valence electrons. The van der Waals surface area contributed by atoms with Crippen LogP contribution in [0, 0.1) is 12.7 Å². The molecule has 0 radical (unpaired) electrons. The van der Waals surface area contributed by atoms with Crippen molar-refractivity contribution in [2.24, 2.45) is 0 Å². The Bertz CT molecular complexity index is 1030. The van der Waals surface area contributed by atoms with Crippen LogP contribution in [-0.4, -0.2) is 13.3 Å². The van der Waals surface area contributed by atoms with Crippen molar-refractivity contribution in [1.29, 1.82) is 0 Å². The van der Waals surface area contributed by atoms with Crippen LogP contribution in [0.5, 0.6) is 0 Å². The molecule has 0 fully saturated rings. The number of benzene rings is 2. The number of hydrogen-bond acceptors (Lipinski definition) is 3. The van der Waals surface area contributed by atoms with Crippen molar-refractivity contribution in [2.75, 3.05) is 0 Å². The molecular weight excluding hydrogens is 376 g/mol. The van der Waals surface area contributed by atoms with Crippen molar-refractivity contribution in [3.63, 3.8) is 0 Å². The number of aryl methyl sites for hydroxylation is 1. The molecule has 0 spiro atoms. The average Bonchev–Trinajstić information content (AvgIpc) is 2.64. The van der Waals surface area contributed by atoms with Gasteiger partial charge in [-0.1, -0.05) is 48.6 Å². The third-order valence-electron chi connectivity index (χ3n) is 4.23. The molecule has 0 heterocycles. The molecule has 1 aliphatic carbocycles. The highest BCUT2D eigenvalue weighted by molar-refractivity contribution is 7.89. The molecule has 2 aromatic rings. The second-order valence-corrected chi connectivity index (χ2v) is 8.06. The summed E-state index contributed by atoms with van der Waals surface area (Å²) in [6, 6.07) is 10.8. The largest absolute Gasteiger partial charge is 0.266 e. The second kappa shape index (κ2) is 7.19. The number of rotatable bonds is 4. The molecule has 3 nitrogen and oxygen atoms in total. The quantitative estimate of drug-likeness (QED) is 0.621. The van der Waals surface area contributed by atoms with Crippen LogP contribution in [0.2, 0.25) is 0 Å². The first kappa shape index (κ1) is 18.6. The van der Waals surface area contributed by atoms with E-state index in [2.05, 4.69) is 0 Å². The lowest BCUT2D eigenvalue weighted by atomic mass is 9.87. The molecule has 1 N–H and O–H groups in total. The molecule has 3 rings (SSSR count). The summed E-state index contributed by atoms with van der Waals surface area (Å²) in [4.78, 5) is 1.25. The van der Waals surface area contributed by atoms with Crippen LogP contribution in [0.15, 0.2) is 65.6 Å². The van der Waals surface area contributed by atoms with E-state index in [4.69, 9.17) is 12.2 Å². The van der Waals surface area contributed by atoms with Crippen LogP contribution in [0.25, 0.3) is 5.57 Å². The van der Waals surface area contributed by atoms with Gasteiger partial charge in [0, 0.05) is 10.8 Å². The predicted molar refractivity (Wildman–Crippen MR) is 101 cm³/mol. The van der Waals surface area contributed by atoms with Crippen LogP contribution in [0.3, 0.4) is 0 Å². The molecule has 0 saturated heterocycles. The van der Waals surface area contributed by atoms with Gasteiger partial charge in [-0.2, -0.15) is 0 Å². The van der Waals surface area contributed by atoms with Gasteiger partial charge in [-0.05, 0) is 58.4 Å². The highest BCUT2D eigenvalue weighted by Gasteiger charge is 2.19. The van der Waals surface area contributed by atoms with Gasteiger partial charge in [-0.15, -0.1) is 4.48 Å². The van der Waals surface area contributed by atoms with E-state index in [9.17, 15) is 17.3 Å². The zero-order chi connectivity index (χ0) is 18.9. The maximum Gasteiger partial charge on any atom is 0.266 e. The number of halogens is 2. The van der Waals surface area contributed by atoms with Crippen molar-refractivity contribution in [2.45, 2.75) is 17.7 Å². The summed E-state index contributed by atoms with van der Waals surface area (Å²) in [5.41, 5.74) is 2.90. The normalized spacial score (nSPS) is 17.3. The third-order valence-corrected chi connectivity index (χ3v) is 5.69. The van der Waals surface area contributed by atoms with Crippen molar-refractivity contribution in [1.82, 2.24) is 4.94 Å². The molecule has 26 heavy (non-hydrogen) atoms. The number of hydrogen-bond donors (Lipinski definition) is 1. The molecule has 1 atom stereocenters. The monoisotopic (exact) mass is 391 g/mol. The highest BCUT2D eigenvalue weighted by atomic mass is 32.2. The zero-order valence-electron chi connectivity index (χ0n) is 13.7. The van der Waals surface area contributed by atoms with E-state index in [-0.39, 0.29) is 16.6 Å². The standard InChI is InChI=1S/C19H15F2NO2S2/c1-12-2-3-15(10-18(12)20)17-9-6-14(11-19(17)25)13-4-7-16(8-5-13)26(23,24)22-21/h2-11,17,22H,1H3. The van der Waals surface area contributed by atoms with Crippen LogP contribution >= 0.6 is 12.2 Å². The highest BCUT2D eigenvalue weighted by Crippen LogP contribution is 2.30. The number of thiocarbonyl (C=S) groups is 1. The minimum atomic E-state index is -4.12. The Morgan fingerprint density at radius 2 is 1.81 bits per heavy atom. The molecule has 0 amide bonds. The lowest BCUT2D eigenvalue weighted by Gasteiger charge is -2.18. The number of sulfonamides is 1. The van der Waals surface area contributed by atoms with Gasteiger partial charge in [-0.3, -0.25) is 0 Å². The molecular formula is C19H15F2NO2S2. The summed E-state index contributed by atoms with van der Waals surface area (Å²) in [5.74, 6) is -0.467. The first-order valence-corrected chi connectivity index (χ1v) is 9.63. The van der Waals surface area contributed by atoms with Gasteiger partial charge in [-0.25, -0.2) is 12.8 Å². The fraction of sp³-hybridized carbons (Fsp3) is 0.105. The van der Waals surface area contributed by atoms with Crippen LogP contribution in [0.1, 0.15) is 22.6 Å². The SMILES string of the molecule is Cc1ccc(C2C=CC(c3ccc(S(=O)(=O)NF)cc3)=CC2=S)cc1F. The molecule has 2 aromatic carbocycles. The Balaban J connectivity index is 1.85. The summed E-state index contributed by atoms with van der Waals surface area (Å²) in [7, 11) is -4.12. The Hall–Kier alpha value is -2.22. The Labute approximate surface area is 156 Å². The van der Waals surface area contributed by atoms with E-state index in [1.54, 1.807) is 31.2 Å². The van der Waals surface area contributed by atoms with E-state index in [0.29, 0.717) is 10.4 Å². The van der Waals surface area contributed by atoms with Gasteiger partial charge in [0.25, 0.3) is 10.0 Å². The molecule has 0 aromatic heterocycles. The van der Waals surface area contributed by atoms with E-state index in [1.807, 2.05) is 18.2 Å². The van der Waals surface area contributed by atoms with Gasteiger partial charge < -0.3 is 0 Å². The van der Waals surface area contributed by atoms with E-state index in [0.717, 1.165) is 21.6 Å². The van der Waals surface area contributed by atoms with Gasteiger partial charge >= 0.3 is 0 Å². The fourth-order valence-corrected chi connectivity index (χ4v) is 3.64. The summed E-state index contributed by atoms with van der Waals surface area (Å²) in [6.07, 6.45) is 5.54. The Morgan fingerprint density at radius 3 is 2.38 bits per heavy atom. The van der Waals surface area contributed by atoms with Crippen molar-refractivity contribution < 1.29 is 17.3 Å². The summed E-state index contributed by atoms with van der Waals surface area (Å²) >= 11 is 5.46. The first-order chi connectivity index (χ1) is 12.3. The van der Waals surface area contributed by atoms with Crippen LogP contribution in [-0.2, 0) is 10.0 Å². The first-order valence-electron chi connectivity index (χ1n) is 7.74. The summed E-state index contributed by atoms with van der Waals surface area (Å²) in [6.45, 7) is 1.70. The molecule has 1 aliphatic rings. The number of nitrogens with one attached hydrogen (secondary N) is 1. The maximum absolute atomic E-state index is 13.8. The molecule has 0 bridgehead atoms. The van der Waals surface area contributed by atoms with Crippen molar-refractivity contribution in [3.8, 4) is 0 Å². The zero-order valence-corrected chi connectivity index (χ0v) is 15.4. The average molecular weight is 391 g/mol. The lowest BCUT2D eigenvalue weighted by molar-refractivity contribution is 0.425. The fourth-order valence-electron chi connectivity index (χ4n) is 2.71. The maximum atomic E-state index is 13.8. The molecule has 7 heteroatoms. The van der Waals surface area contributed by atoms with Gasteiger partial charge in [0.05, 0.1) is 4.90 Å². The van der Waals surface area contributed by atoms with Gasteiger partial charge in [0.1, 0.15) is 5.82 Å². The molecule has 1 unspecified atom stereocenters. The van der Waals surface area contributed by atoms with Gasteiger partial charge in [0.15, 0.2) is 0 Å².